The second-order valence-corrected chi connectivity index (χ2v) is 7.88. The summed E-state index contributed by atoms with van der Waals surface area (Å²) in [5.41, 5.74) is 0. The zero-order chi connectivity index (χ0) is 16.2. The molecule has 0 N–H and O–H groups in total. The van der Waals surface area contributed by atoms with Gasteiger partial charge in [-0.1, -0.05) is 0 Å². The minimum atomic E-state index is -3.39. The Morgan fingerprint density at radius 1 is 0.667 bits per heavy atom. The number of unbranched alkanes of at least 4 members (excludes halogenated alkanes) is 2. The van der Waals surface area contributed by atoms with E-state index in [1.807, 2.05) is 0 Å². The van der Waals surface area contributed by atoms with Crippen molar-refractivity contribution in [1.82, 2.24) is 0 Å². The Balaban J connectivity index is 3.46. The fraction of sp³-hybridized carbons (Fsp3) is 1.00. The molecule has 0 saturated heterocycles. The van der Waals surface area contributed by atoms with Gasteiger partial charge in [0, 0.05) is 13.2 Å². The third kappa shape index (κ3) is 13.2. The van der Waals surface area contributed by atoms with Gasteiger partial charge in [0.2, 0.25) is 0 Å². The molecule has 0 unspecified atom stereocenters. The Labute approximate surface area is 128 Å². The zero-order valence-electron chi connectivity index (χ0n) is 12.7. The zero-order valence-corrected chi connectivity index (χ0v) is 14.4. The fourth-order valence-electron chi connectivity index (χ4n) is 1.54. The van der Waals surface area contributed by atoms with Gasteiger partial charge in [-0.25, -0.2) is 0 Å². The predicted molar refractivity (Wildman–Crippen MR) is 80.1 cm³/mol. The maximum Gasteiger partial charge on any atom is 0.267 e. The number of hydrogen-bond donors (Lipinski definition) is 0. The van der Waals surface area contributed by atoms with E-state index in [1.165, 1.54) is 0 Å². The van der Waals surface area contributed by atoms with E-state index in [9.17, 15) is 16.8 Å². The lowest BCUT2D eigenvalue weighted by atomic mass is 10.3. The van der Waals surface area contributed by atoms with E-state index in [2.05, 4.69) is 8.37 Å². The van der Waals surface area contributed by atoms with Crippen molar-refractivity contribution in [3.05, 3.63) is 0 Å². The maximum atomic E-state index is 11.2. The highest BCUT2D eigenvalue weighted by molar-refractivity contribution is 7.86. The summed E-state index contributed by atoms with van der Waals surface area (Å²) in [6.45, 7) is 4.49. The van der Waals surface area contributed by atoms with E-state index in [-0.39, 0.29) is 24.7 Å². The normalized spacial score (nSPS) is 12.7. The third-order valence-corrected chi connectivity index (χ3v) is 5.23. The minimum absolute atomic E-state index is 0.00317. The first-order valence-corrected chi connectivity index (χ1v) is 10.3. The highest BCUT2D eigenvalue weighted by atomic mass is 32.2. The van der Waals surface area contributed by atoms with Crippen LogP contribution < -0.4 is 0 Å². The summed E-state index contributed by atoms with van der Waals surface area (Å²) < 4.78 is 59.4. The summed E-state index contributed by atoms with van der Waals surface area (Å²) in [7, 11) is -6.78. The Morgan fingerprint density at radius 2 is 1.05 bits per heavy atom. The molecule has 0 aliphatic heterocycles. The van der Waals surface area contributed by atoms with Gasteiger partial charge in [-0.2, -0.15) is 16.8 Å². The van der Waals surface area contributed by atoms with Crippen molar-refractivity contribution in [3.63, 3.8) is 0 Å². The van der Waals surface area contributed by atoms with Crippen LogP contribution in [0.3, 0.4) is 0 Å². The van der Waals surface area contributed by atoms with Gasteiger partial charge in [-0.3, -0.25) is 8.37 Å². The van der Waals surface area contributed by atoms with Gasteiger partial charge in [0.15, 0.2) is 0 Å². The topological polar surface area (TPSA) is 96.0 Å². The second-order valence-electron chi connectivity index (χ2n) is 4.36. The molecule has 0 heterocycles. The second kappa shape index (κ2) is 11.4. The van der Waals surface area contributed by atoms with E-state index in [1.54, 1.807) is 13.8 Å². The number of rotatable bonds is 14. The van der Waals surface area contributed by atoms with Crippen LogP contribution in [-0.2, 0) is 33.3 Å². The van der Waals surface area contributed by atoms with Crippen LogP contribution in [0, 0.1) is 0 Å². The molecule has 0 aromatic carbocycles. The Kier molecular flexibility index (Phi) is 11.2. The van der Waals surface area contributed by atoms with E-state index in [0.717, 1.165) is 0 Å². The van der Waals surface area contributed by atoms with Crippen LogP contribution in [0.5, 0.6) is 0 Å². The molecule has 7 nitrogen and oxygen atoms in total. The molecule has 0 aromatic rings. The van der Waals surface area contributed by atoms with Gasteiger partial charge in [-0.05, 0) is 39.5 Å². The molecule has 0 aromatic heterocycles. The van der Waals surface area contributed by atoms with Crippen molar-refractivity contribution >= 4 is 20.2 Å². The van der Waals surface area contributed by atoms with Crippen LogP contribution in [0.2, 0.25) is 0 Å². The highest BCUT2D eigenvalue weighted by Crippen LogP contribution is 2.02. The molecule has 0 amide bonds. The Morgan fingerprint density at radius 3 is 1.38 bits per heavy atom. The summed E-state index contributed by atoms with van der Waals surface area (Å²) >= 11 is 0. The summed E-state index contributed by atoms with van der Waals surface area (Å²) in [5, 5.41) is 0. The average molecular weight is 346 g/mol. The largest absolute Gasteiger partial charge is 0.381 e. The van der Waals surface area contributed by atoms with Crippen molar-refractivity contribution in [3.8, 4) is 0 Å². The molecule has 128 valence electrons. The SMILES string of the molecule is CCOS(=O)(=O)CCCCOCCCCS(=O)(=O)OCC. The van der Waals surface area contributed by atoms with E-state index in [0.29, 0.717) is 38.9 Å². The van der Waals surface area contributed by atoms with Crippen LogP contribution in [-0.4, -0.2) is 54.8 Å². The van der Waals surface area contributed by atoms with E-state index >= 15 is 0 Å². The molecule has 0 saturated carbocycles. The van der Waals surface area contributed by atoms with Gasteiger partial charge in [-0.15, -0.1) is 0 Å². The molecule has 0 fully saturated rings. The van der Waals surface area contributed by atoms with E-state index in [4.69, 9.17) is 4.74 Å². The lowest BCUT2D eigenvalue weighted by Crippen LogP contribution is -2.12. The number of ether oxygens (including phenoxy) is 1. The quantitative estimate of drug-likeness (QED) is 0.345. The third-order valence-electron chi connectivity index (χ3n) is 2.46. The molecule has 0 radical (unpaired) electrons. The van der Waals surface area contributed by atoms with Gasteiger partial charge in [0.1, 0.15) is 0 Å². The predicted octanol–water partition coefficient (Wildman–Crippen LogP) is 1.30. The van der Waals surface area contributed by atoms with Crippen LogP contribution in [0.1, 0.15) is 39.5 Å². The molecule has 0 aliphatic carbocycles. The molecule has 0 atom stereocenters. The lowest BCUT2D eigenvalue weighted by molar-refractivity contribution is 0.128. The molecule has 21 heavy (non-hydrogen) atoms. The smallest absolute Gasteiger partial charge is 0.267 e. The first-order valence-electron chi connectivity index (χ1n) is 7.15. The molecule has 0 rings (SSSR count). The molecular weight excluding hydrogens is 320 g/mol. The minimum Gasteiger partial charge on any atom is -0.381 e. The summed E-state index contributed by atoms with van der Waals surface area (Å²) in [4.78, 5) is 0. The highest BCUT2D eigenvalue weighted by Gasteiger charge is 2.10. The van der Waals surface area contributed by atoms with Crippen LogP contribution in [0.4, 0.5) is 0 Å². The molecular formula is C12H26O7S2. The van der Waals surface area contributed by atoms with Gasteiger partial charge in [0.25, 0.3) is 20.2 Å². The van der Waals surface area contributed by atoms with Gasteiger partial charge >= 0.3 is 0 Å². The van der Waals surface area contributed by atoms with Crippen molar-refractivity contribution < 1.29 is 29.9 Å². The average Bonchev–Trinajstić information content (AvgIpc) is 2.36. The lowest BCUT2D eigenvalue weighted by Gasteiger charge is -2.06. The molecule has 0 spiro atoms. The van der Waals surface area contributed by atoms with Gasteiger partial charge < -0.3 is 4.74 Å². The first kappa shape index (κ1) is 20.8. The fourth-order valence-corrected chi connectivity index (χ4v) is 3.61. The number of hydrogen-bond acceptors (Lipinski definition) is 7. The van der Waals surface area contributed by atoms with E-state index < -0.39 is 20.2 Å². The van der Waals surface area contributed by atoms with Crippen LogP contribution in [0.15, 0.2) is 0 Å². The summed E-state index contributed by atoms with van der Waals surface area (Å²) in [6, 6.07) is 0. The Bertz CT molecular complexity index is 400. The van der Waals surface area contributed by atoms with Gasteiger partial charge in [0.05, 0.1) is 24.7 Å². The van der Waals surface area contributed by atoms with Crippen molar-refractivity contribution in [2.75, 3.05) is 37.9 Å². The van der Waals surface area contributed by atoms with Crippen LogP contribution in [0.25, 0.3) is 0 Å². The van der Waals surface area contributed by atoms with Crippen molar-refractivity contribution in [2.45, 2.75) is 39.5 Å². The maximum absolute atomic E-state index is 11.2. The molecule has 0 aliphatic rings. The monoisotopic (exact) mass is 346 g/mol. The van der Waals surface area contributed by atoms with Crippen molar-refractivity contribution in [1.29, 1.82) is 0 Å². The summed E-state index contributed by atoms with van der Waals surface area (Å²) in [5.74, 6) is -0.00635. The standard InChI is InChI=1S/C12H26O7S2/c1-3-18-20(13,14)11-7-5-9-17-10-6-8-12-21(15,16)19-4-2/h3-12H2,1-2H3. The van der Waals surface area contributed by atoms with Crippen molar-refractivity contribution in [2.24, 2.45) is 0 Å². The summed E-state index contributed by atoms with van der Waals surface area (Å²) in [6.07, 6.45) is 2.23. The molecule has 0 bridgehead atoms. The van der Waals surface area contributed by atoms with Crippen LogP contribution >= 0.6 is 0 Å². The first-order chi connectivity index (χ1) is 9.83. The Hall–Kier alpha value is -0.220. The molecule has 9 heteroatoms.